The van der Waals surface area contributed by atoms with Gasteiger partial charge in [-0.15, -0.1) is 21.5 Å². The number of thiazole rings is 1. The normalized spacial score (nSPS) is 10.9. The number of pyridine rings is 1. The minimum Gasteiger partial charge on any atom is -0.264 e. The molecule has 0 aliphatic heterocycles. The van der Waals surface area contributed by atoms with Gasteiger partial charge in [0.15, 0.2) is 0 Å². The van der Waals surface area contributed by atoms with E-state index in [1.807, 2.05) is 61.7 Å². The van der Waals surface area contributed by atoms with Crippen molar-refractivity contribution in [2.45, 2.75) is 17.7 Å². The summed E-state index contributed by atoms with van der Waals surface area (Å²) in [5, 5.41) is 11.3. The Balaban J connectivity index is 1.51. The lowest BCUT2D eigenvalue weighted by molar-refractivity contribution is 0.936. The van der Waals surface area contributed by atoms with Gasteiger partial charge in [-0.3, -0.25) is 4.98 Å². The SMILES string of the molecule is Cc1nc(-c2cccnc2)sc1-c1ccc(SCc2ccccc2Cl)nn1. The Kier molecular flexibility index (Phi) is 5.48. The molecule has 0 spiro atoms. The topological polar surface area (TPSA) is 51.6 Å². The molecule has 0 N–H and O–H groups in total. The lowest BCUT2D eigenvalue weighted by atomic mass is 10.2. The molecule has 0 atom stereocenters. The molecule has 7 heteroatoms. The van der Waals surface area contributed by atoms with Crippen LogP contribution in [0.15, 0.2) is 66.0 Å². The first-order valence-electron chi connectivity index (χ1n) is 8.29. The van der Waals surface area contributed by atoms with Crippen molar-refractivity contribution in [3.05, 3.63) is 77.2 Å². The molecule has 1 aromatic carbocycles. The highest BCUT2D eigenvalue weighted by atomic mass is 35.5. The van der Waals surface area contributed by atoms with Crippen LogP contribution in [0.25, 0.3) is 21.1 Å². The molecule has 0 saturated carbocycles. The van der Waals surface area contributed by atoms with E-state index in [0.29, 0.717) is 0 Å². The lowest BCUT2D eigenvalue weighted by Crippen LogP contribution is -1.90. The summed E-state index contributed by atoms with van der Waals surface area (Å²) < 4.78 is 0. The number of nitrogens with zero attached hydrogens (tertiary/aromatic N) is 4. The van der Waals surface area contributed by atoms with E-state index in [4.69, 9.17) is 11.6 Å². The number of hydrogen-bond acceptors (Lipinski definition) is 6. The van der Waals surface area contributed by atoms with Gasteiger partial charge in [0.1, 0.15) is 15.7 Å². The van der Waals surface area contributed by atoms with E-state index >= 15 is 0 Å². The zero-order chi connectivity index (χ0) is 18.6. The second-order valence-corrected chi connectivity index (χ2v) is 8.21. The third-order valence-electron chi connectivity index (χ3n) is 3.91. The van der Waals surface area contributed by atoms with Crippen LogP contribution in [-0.4, -0.2) is 20.2 Å². The number of thioether (sulfide) groups is 1. The molecule has 0 unspecified atom stereocenters. The van der Waals surface area contributed by atoms with Crippen molar-refractivity contribution in [1.29, 1.82) is 0 Å². The van der Waals surface area contributed by atoms with E-state index in [0.717, 1.165) is 48.2 Å². The fourth-order valence-corrected chi connectivity index (χ4v) is 4.65. The first kappa shape index (κ1) is 18.1. The van der Waals surface area contributed by atoms with Gasteiger partial charge in [0.05, 0.1) is 10.6 Å². The van der Waals surface area contributed by atoms with E-state index in [-0.39, 0.29) is 0 Å². The molecule has 0 radical (unpaired) electrons. The van der Waals surface area contributed by atoms with E-state index in [1.54, 1.807) is 29.3 Å². The number of aromatic nitrogens is 4. The first-order chi connectivity index (χ1) is 13.2. The van der Waals surface area contributed by atoms with Crippen LogP contribution >= 0.6 is 34.7 Å². The number of aryl methyl sites for hydroxylation is 1. The Hall–Kier alpha value is -2.28. The maximum Gasteiger partial charge on any atom is 0.125 e. The standard InChI is InChI=1S/C20H15ClN4S2/c1-13-19(27-20(23-13)14-6-4-10-22-11-14)17-8-9-18(25-24-17)26-12-15-5-2-3-7-16(15)21/h2-11H,12H2,1H3. The third kappa shape index (κ3) is 4.18. The van der Waals surface area contributed by atoms with Crippen LogP contribution in [-0.2, 0) is 5.75 Å². The molecule has 0 fully saturated rings. The largest absolute Gasteiger partial charge is 0.264 e. The number of halogens is 1. The summed E-state index contributed by atoms with van der Waals surface area (Å²) in [6.07, 6.45) is 3.58. The predicted octanol–water partition coefficient (Wildman–Crippen LogP) is 5.92. The van der Waals surface area contributed by atoms with Gasteiger partial charge in [-0.2, -0.15) is 0 Å². The van der Waals surface area contributed by atoms with Crippen molar-refractivity contribution in [3.8, 4) is 21.1 Å². The second kappa shape index (κ2) is 8.17. The Labute approximate surface area is 170 Å². The highest BCUT2D eigenvalue weighted by molar-refractivity contribution is 7.98. The minimum atomic E-state index is 0.762. The molecular formula is C20H15ClN4S2. The smallest absolute Gasteiger partial charge is 0.125 e. The van der Waals surface area contributed by atoms with Gasteiger partial charge in [0.25, 0.3) is 0 Å². The highest BCUT2D eigenvalue weighted by Crippen LogP contribution is 2.34. The Morgan fingerprint density at radius 2 is 1.93 bits per heavy atom. The monoisotopic (exact) mass is 410 g/mol. The van der Waals surface area contributed by atoms with Crippen molar-refractivity contribution in [3.63, 3.8) is 0 Å². The summed E-state index contributed by atoms with van der Waals surface area (Å²) >= 11 is 9.43. The number of rotatable bonds is 5. The van der Waals surface area contributed by atoms with Gasteiger partial charge in [0, 0.05) is 28.7 Å². The summed E-state index contributed by atoms with van der Waals surface area (Å²) in [6.45, 7) is 1.99. The molecule has 3 heterocycles. The summed E-state index contributed by atoms with van der Waals surface area (Å²) in [4.78, 5) is 9.85. The van der Waals surface area contributed by atoms with Crippen LogP contribution in [0, 0.1) is 6.92 Å². The Morgan fingerprint density at radius 1 is 1.04 bits per heavy atom. The minimum absolute atomic E-state index is 0.762. The van der Waals surface area contributed by atoms with Crippen LogP contribution in [0.5, 0.6) is 0 Å². The molecule has 0 bridgehead atoms. The van der Waals surface area contributed by atoms with E-state index in [1.165, 1.54) is 0 Å². The van der Waals surface area contributed by atoms with E-state index in [9.17, 15) is 0 Å². The zero-order valence-electron chi connectivity index (χ0n) is 14.5. The number of benzene rings is 1. The van der Waals surface area contributed by atoms with Gasteiger partial charge >= 0.3 is 0 Å². The van der Waals surface area contributed by atoms with Crippen molar-refractivity contribution >= 4 is 34.7 Å². The van der Waals surface area contributed by atoms with Gasteiger partial charge < -0.3 is 0 Å². The zero-order valence-corrected chi connectivity index (χ0v) is 16.9. The summed E-state index contributed by atoms with van der Waals surface area (Å²) in [5.74, 6) is 0.762. The fourth-order valence-electron chi connectivity index (χ4n) is 2.53. The molecule has 0 aliphatic carbocycles. The molecular weight excluding hydrogens is 396 g/mol. The molecule has 134 valence electrons. The lowest BCUT2D eigenvalue weighted by Gasteiger charge is -2.04. The first-order valence-corrected chi connectivity index (χ1v) is 10.5. The number of hydrogen-bond donors (Lipinski definition) is 0. The summed E-state index contributed by atoms with van der Waals surface area (Å²) in [5.41, 5.74) is 3.89. The molecule has 3 aromatic heterocycles. The Bertz CT molecular complexity index is 1050. The maximum absolute atomic E-state index is 6.21. The molecule has 4 nitrogen and oxygen atoms in total. The van der Waals surface area contributed by atoms with Crippen LogP contribution in [0.1, 0.15) is 11.3 Å². The predicted molar refractivity (Wildman–Crippen MR) is 112 cm³/mol. The molecule has 4 rings (SSSR count). The molecule has 4 aromatic rings. The quantitative estimate of drug-likeness (QED) is 0.382. The molecule has 0 saturated heterocycles. The van der Waals surface area contributed by atoms with Crippen LogP contribution in [0.3, 0.4) is 0 Å². The van der Waals surface area contributed by atoms with Crippen molar-refractivity contribution in [2.75, 3.05) is 0 Å². The average Bonchev–Trinajstić information content (AvgIpc) is 3.10. The van der Waals surface area contributed by atoms with E-state index < -0.39 is 0 Å². The van der Waals surface area contributed by atoms with Crippen molar-refractivity contribution < 1.29 is 0 Å². The summed E-state index contributed by atoms with van der Waals surface area (Å²) in [7, 11) is 0. The second-order valence-electron chi connectivity index (χ2n) is 5.81. The molecule has 0 amide bonds. The fraction of sp³-hybridized carbons (Fsp3) is 0.100. The van der Waals surface area contributed by atoms with Gasteiger partial charge in [-0.25, -0.2) is 4.98 Å². The van der Waals surface area contributed by atoms with Crippen LogP contribution in [0.2, 0.25) is 5.02 Å². The van der Waals surface area contributed by atoms with Crippen LogP contribution < -0.4 is 0 Å². The maximum atomic E-state index is 6.21. The van der Waals surface area contributed by atoms with Gasteiger partial charge in [-0.1, -0.05) is 41.6 Å². The average molecular weight is 411 g/mol. The van der Waals surface area contributed by atoms with Crippen molar-refractivity contribution in [2.24, 2.45) is 0 Å². The van der Waals surface area contributed by atoms with Gasteiger partial charge in [0.2, 0.25) is 0 Å². The molecule has 27 heavy (non-hydrogen) atoms. The summed E-state index contributed by atoms with van der Waals surface area (Å²) in [6, 6.07) is 15.8. The van der Waals surface area contributed by atoms with Crippen LogP contribution in [0.4, 0.5) is 0 Å². The highest BCUT2D eigenvalue weighted by Gasteiger charge is 2.13. The van der Waals surface area contributed by atoms with Gasteiger partial charge in [-0.05, 0) is 42.8 Å². The third-order valence-corrected chi connectivity index (χ3v) is 6.48. The van der Waals surface area contributed by atoms with E-state index in [2.05, 4.69) is 20.2 Å². The Morgan fingerprint density at radius 3 is 2.67 bits per heavy atom. The molecule has 0 aliphatic rings. The van der Waals surface area contributed by atoms with Crippen molar-refractivity contribution in [1.82, 2.24) is 20.2 Å².